The van der Waals surface area contributed by atoms with Gasteiger partial charge in [0.15, 0.2) is 0 Å². The number of benzene rings is 1. The Morgan fingerprint density at radius 3 is 3.20 bits per heavy atom. The summed E-state index contributed by atoms with van der Waals surface area (Å²) in [7, 11) is 0. The van der Waals surface area contributed by atoms with Gasteiger partial charge in [-0.1, -0.05) is 6.07 Å². The lowest BCUT2D eigenvalue weighted by Crippen LogP contribution is -2.48. The molecule has 2 unspecified atom stereocenters. The Kier molecular flexibility index (Phi) is 3.11. The molecule has 0 amide bonds. The summed E-state index contributed by atoms with van der Waals surface area (Å²) in [5.74, 6) is 2.44. The highest BCUT2D eigenvalue weighted by molar-refractivity contribution is 7.99. The van der Waals surface area contributed by atoms with Gasteiger partial charge in [-0.25, -0.2) is 0 Å². The standard InChI is InChI=1S/C16H22N2OS/c17-14-2-1-3-15-13(14)4-7-18(15)12-5-8-19-16(10-12)6-9-20-11-16/h1-3,12H,4-11,17H2. The summed E-state index contributed by atoms with van der Waals surface area (Å²) >= 11 is 2.05. The summed E-state index contributed by atoms with van der Waals surface area (Å²) in [6, 6.07) is 6.99. The lowest BCUT2D eigenvalue weighted by atomic mass is 9.89. The Bertz CT molecular complexity index is 513. The average molecular weight is 290 g/mol. The number of rotatable bonds is 1. The van der Waals surface area contributed by atoms with Crippen molar-refractivity contribution in [3.63, 3.8) is 0 Å². The van der Waals surface area contributed by atoms with E-state index in [1.807, 2.05) is 17.8 Å². The SMILES string of the molecule is Nc1cccc2c1CCN2C1CCOC2(CCSC2)C1. The summed E-state index contributed by atoms with van der Waals surface area (Å²) < 4.78 is 6.16. The van der Waals surface area contributed by atoms with Crippen LogP contribution in [0.4, 0.5) is 11.4 Å². The fourth-order valence-corrected chi connectivity index (χ4v) is 5.37. The number of nitrogens with zero attached hydrogens (tertiary/aromatic N) is 1. The molecular formula is C16H22N2OS. The molecule has 2 fully saturated rings. The van der Waals surface area contributed by atoms with Gasteiger partial charge in [0, 0.05) is 41.9 Å². The van der Waals surface area contributed by atoms with E-state index in [9.17, 15) is 0 Å². The second kappa shape index (κ2) is 4.85. The lowest BCUT2D eigenvalue weighted by molar-refractivity contribution is -0.0661. The van der Waals surface area contributed by atoms with E-state index in [4.69, 9.17) is 10.5 Å². The van der Waals surface area contributed by atoms with Crippen molar-refractivity contribution < 1.29 is 4.74 Å². The Morgan fingerprint density at radius 1 is 1.40 bits per heavy atom. The topological polar surface area (TPSA) is 38.5 Å². The minimum atomic E-state index is 0.163. The van der Waals surface area contributed by atoms with Gasteiger partial charge in [-0.3, -0.25) is 0 Å². The first-order chi connectivity index (χ1) is 9.77. The van der Waals surface area contributed by atoms with Gasteiger partial charge in [0.2, 0.25) is 0 Å². The van der Waals surface area contributed by atoms with Gasteiger partial charge >= 0.3 is 0 Å². The highest BCUT2D eigenvalue weighted by Crippen LogP contribution is 2.42. The number of nitrogen functional groups attached to an aromatic ring is 1. The van der Waals surface area contributed by atoms with E-state index in [0.717, 1.165) is 31.7 Å². The van der Waals surface area contributed by atoms with Crippen LogP contribution in [0.3, 0.4) is 0 Å². The van der Waals surface area contributed by atoms with E-state index in [2.05, 4.69) is 17.0 Å². The molecule has 3 nitrogen and oxygen atoms in total. The molecule has 2 N–H and O–H groups in total. The van der Waals surface area contributed by atoms with E-state index >= 15 is 0 Å². The second-order valence-corrected chi connectivity index (χ2v) is 7.37. The van der Waals surface area contributed by atoms with E-state index in [1.165, 1.54) is 35.6 Å². The molecule has 3 aliphatic rings. The molecule has 0 radical (unpaired) electrons. The van der Waals surface area contributed by atoms with Crippen molar-refractivity contribution in [2.45, 2.75) is 37.3 Å². The average Bonchev–Trinajstić information content (AvgIpc) is 3.07. The van der Waals surface area contributed by atoms with Crippen LogP contribution in [0, 0.1) is 0 Å². The molecule has 108 valence electrons. The smallest absolute Gasteiger partial charge is 0.0799 e. The van der Waals surface area contributed by atoms with Crippen LogP contribution in [-0.4, -0.2) is 36.3 Å². The molecule has 3 aliphatic heterocycles. The minimum absolute atomic E-state index is 0.163. The van der Waals surface area contributed by atoms with Crippen LogP contribution >= 0.6 is 11.8 Å². The first-order valence-corrected chi connectivity index (χ1v) is 8.79. The van der Waals surface area contributed by atoms with E-state index in [1.54, 1.807) is 0 Å². The van der Waals surface area contributed by atoms with Crippen LogP contribution in [0.25, 0.3) is 0 Å². The predicted octanol–water partition coefficient (Wildman–Crippen LogP) is 2.69. The third-order valence-electron chi connectivity index (χ3n) is 5.07. The Labute approximate surface area is 124 Å². The quantitative estimate of drug-likeness (QED) is 0.807. The first kappa shape index (κ1) is 12.8. The summed E-state index contributed by atoms with van der Waals surface area (Å²) in [4.78, 5) is 2.60. The number of hydrogen-bond acceptors (Lipinski definition) is 4. The largest absolute Gasteiger partial charge is 0.398 e. The predicted molar refractivity (Wildman–Crippen MR) is 85.6 cm³/mol. The number of fused-ring (bicyclic) bond motifs is 1. The highest BCUT2D eigenvalue weighted by Gasteiger charge is 2.43. The van der Waals surface area contributed by atoms with Crippen LogP contribution in [0.15, 0.2) is 18.2 Å². The molecule has 4 rings (SSSR count). The molecular weight excluding hydrogens is 268 g/mol. The van der Waals surface area contributed by atoms with Gasteiger partial charge in [0.25, 0.3) is 0 Å². The Balaban J connectivity index is 1.59. The second-order valence-electron chi connectivity index (χ2n) is 6.27. The number of thioether (sulfide) groups is 1. The van der Waals surface area contributed by atoms with Crippen molar-refractivity contribution in [3.05, 3.63) is 23.8 Å². The maximum Gasteiger partial charge on any atom is 0.0799 e. The van der Waals surface area contributed by atoms with Gasteiger partial charge in [-0.15, -0.1) is 0 Å². The number of ether oxygens (including phenoxy) is 1. The van der Waals surface area contributed by atoms with E-state index in [-0.39, 0.29) is 5.60 Å². The third-order valence-corrected chi connectivity index (χ3v) is 6.30. The van der Waals surface area contributed by atoms with E-state index in [0.29, 0.717) is 6.04 Å². The molecule has 2 atom stereocenters. The molecule has 20 heavy (non-hydrogen) atoms. The highest BCUT2D eigenvalue weighted by atomic mass is 32.2. The van der Waals surface area contributed by atoms with Gasteiger partial charge in [0.1, 0.15) is 0 Å². The molecule has 1 aromatic rings. The molecule has 0 saturated carbocycles. The van der Waals surface area contributed by atoms with E-state index < -0.39 is 0 Å². The number of anilines is 2. The molecule has 2 saturated heterocycles. The molecule has 0 aromatic heterocycles. The van der Waals surface area contributed by atoms with Crippen molar-refractivity contribution in [2.24, 2.45) is 0 Å². The van der Waals surface area contributed by atoms with Crippen LogP contribution in [0.1, 0.15) is 24.8 Å². The van der Waals surface area contributed by atoms with Crippen LogP contribution in [0.2, 0.25) is 0 Å². The fraction of sp³-hybridized carbons (Fsp3) is 0.625. The molecule has 0 bridgehead atoms. The Hall–Kier alpha value is -0.870. The van der Waals surface area contributed by atoms with Crippen molar-refractivity contribution in [1.82, 2.24) is 0 Å². The van der Waals surface area contributed by atoms with Crippen LogP contribution in [0.5, 0.6) is 0 Å². The summed E-state index contributed by atoms with van der Waals surface area (Å²) in [5, 5.41) is 0. The summed E-state index contributed by atoms with van der Waals surface area (Å²) in [6.07, 6.45) is 4.67. The zero-order chi connectivity index (χ0) is 13.6. The zero-order valence-corrected chi connectivity index (χ0v) is 12.6. The number of nitrogens with two attached hydrogens (primary N) is 1. The van der Waals surface area contributed by atoms with Crippen molar-refractivity contribution in [1.29, 1.82) is 0 Å². The molecule has 3 heterocycles. The normalized spacial score (nSPS) is 32.8. The van der Waals surface area contributed by atoms with Gasteiger partial charge in [-0.05, 0) is 43.6 Å². The lowest BCUT2D eigenvalue weighted by Gasteiger charge is -2.42. The number of hydrogen-bond donors (Lipinski definition) is 1. The van der Waals surface area contributed by atoms with Crippen molar-refractivity contribution in [2.75, 3.05) is 35.3 Å². The van der Waals surface area contributed by atoms with Crippen molar-refractivity contribution in [3.8, 4) is 0 Å². The fourth-order valence-electron chi connectivity index (χ4n) is 4.00. The van der Waals surface area contributed by atoms with Gasteiger partial charge < -0.3 is 15.4 Å². The summed E-state index contributed by atoms with van der Waals surface area (Å²) in [6.45, 7) is 2.04. The maximum atomic E-state index is 6.16. The molecule has 1 spiro atoms. The maximum absolute atomic E-state index is 6.16. The van der Waals surface area contributed by atoms with Gasteiger partial charge in [0.05, 0.1) is 5.60 Å². The molecule has 1 aromatic carbocycles. The van der Waals surface area contributed by atoms with Crippen LogP contribution in [-0.2, 0) is 11.2 Å². The molecule has 0 aliphatic carbocycles. The van der Waals surface area contributed by atoms with Crippen molar-refractivity contribution >= 4 is 23.1 Å². The monoisotopic (exact) mass is 290 g/mol. The first-order valence-electron chi connectivity index (χ1n) is 7.63. The third kappa shape index (κ3) is 2.01. The minimum Gasteiger partial charge on any atom is -0.398 e. The Morgan fingerprint density at radius 2 is 2.35 bits per heavy atom. The summed E-state index contributed by atoms with van der Waals surface area (Å²) in [5.41, 5.74) is 9.98. The zero-order valence-electron chi connectivity index (χ0n) is 11.8. The molecule has 4 heteroatoms. The van der Waals surface area contributed by atoms with Crippen LogP contribution < -0.4 is 10.6 Å². The van der Waals surface area contributed by atoms with Gasteiger partial charge in [-0.2, -0.15) is 11.8 Å².